The summed E-state index contributed by atoms with van der Waals surface area (Å²) in [6.45, 7) is 1.67. The number of nitrogens with one attached hydrogen (secondary N) is 1. The van der Waals surface area contributed by atoms with Crippen molar-refractivity contribution in [1.29, 1.82) is 0 Å². The standard InChI is InChI=1S/C12H10N2O4/c1-7-10(6-13-12(17)14-7)18-9-4-2-3-8(5-9)11(15)16/h2-6H,1H3,(H,15,16)(H,13,14,17). The summed E-state index contributed by atoms with van der Waals surface area (Å²) in [6, 6.07) is 6.06. The summed E-state index contributed by atoms with van der Waals surface area (Å²) in [6.07, 6.45) is 1.29. The normalized spacial score (nSPS) is 10.1. The number of ether oxygens (including phenoxy) is 1. The first-order valence-corrected chi connectivity index (χ1v) is 5.13. The van der Waals surface area contributed by atoms with Gasteiger partial charge in [0, 0.05) is 0 Å². The van der Waals surface area contributed by atoms with Gasteiger partial charge in [-0.3, -0.25) is 0 Å². The molecule has 0 saturated heterocycles. The minimum Gasteiger partial charge on any atom is -0.478 e. The van der Waals surface area contributed by atoms with Crippen LogP contribution in [0.25, 0.3) is 0 Å². The maximum atomic E-state index is 10.9. The van der Waals surface area contributed by atoms with Crippen LogP contribution in [0.5, 0.6) is 11.5 Å². The minimum atomic E-state index is -1.03. The Labute approximate surface area is 102 Å². The summed E-state index contributed by atoms with van der Waals surface area (Å²) < 4.78 is 5.46. The minimum absolute atomic E-state index is 0.127. The first-order valence-electron chi connectivity index (χ1n) is 5.13. The Morgan fingerprint density at radius 1 is 1.44 bits per heavy atom. The molecule has 0 radical (unpaired) electrons. The highest BCUT2D eigenvalue weighted by Crippen LogP contribution is 2.22. The van der Waals surface area contributed by atoms with Crippen LogP contribution >= 0.6 is 0 Å². The van der Waals surface area contributed by atoms with Crippen molar-refractivity contribution in [2.24, 2.45) is 0 Å². The highest BCUT2D eigenvalue weighted by Gasteiger charge is 2.06. The average Bonchev–Trinajstić information content (AvgIpc) is 2.33. The number of H-pyrrole nitrogens is 1. The topological polar surface area (TPSA) is 92.3 Å². The molecule has 2 aromatic rings. The molecule has 2 rings (SSSR count). The lowest BCUT2D eigenvalue weighted by Gasteiger charge is -2.07. The van der Waals surface area contributed by atoms with Gasteiger partial charge >= 0.3 is 11.7 Å². The Balaban J connectivity index is 2.31. The van der Waals surface area contributed by atoms with E-state index in [0.717, 1.165) is 0 Å². The third kappa shape index (κ3) is 2.54. The van der Waals surface area contributed by atoms with Crippen LogP contribution in [0.15, 0.2) is 35.3 Å². The van der Waals surface area contributed by atoms with Crippen molar-refractivity contribution in [1.82, 2.24) is 9.97 Å². The highest BCUT2D eigenvalue weighted by molar-refractivity contribution is 5.88. The third-order valence-corrected chi connectivity index (χ3v) is 2.27. The molecular formula is C12H10N2O4. The summed E-state index contributed by atoms with van der Waals surface area (Å²) in [5.41, 5.74) is 0.192. The summed E-state index contributed by atoms with van der Waals surface area (Å²) in [4.78, 5) is 27.8. The van der Waals surface area contributed by atoms with E-state index in [4.69, 9.17) is 9.84 Å². The number of rotatable bonds is 3. The summed E-state index contributed by atoms with van der Waals surface area (Å²) in [5, 5.41) is 8.85. The van der Waals surface area contributed by atoms with E-state index in [9.17, 15) is 9.59 Å². The van der Waals surface area contributed by atoms with Crippen molar-refractivity contribution in [2.45, 2.75) is 6.92 Å². The Bertz CT molecular complexity index is 649. The molecule has 1 aromatic carbocycles. The number of carboxylic acid groups (broad SMARTS) is 1. The Morgan fingerprint density at radius 2 is 2.22 bits per heavy atom. The lowest BCUT2D eigenvalue weighted by atomic mass is 10.2. The molecule has 0 aliphatic carbocycles. The van der Waals surface area contributed by atoms with Gasteiger partial charge in [-0.1, -0.05) is 6.07 Å². The van der Waals surface area contributed by atoms with Crippen LogP contribution < -0.4 is 10.4 Å². The predicted molar refractivity (Wildman–Crippen MR) is 63.1 cm³/mol. The second kappa shape index (κ2) is 4.70. The molecule has 0 bridgehead atoms. The molecule has 2 N–H and O–H groups in total. The van der Waals surface area contributed by atoms with Crippen LogP contribution in [0.3, 0.4) is 0 Å². The first-order chi connectivity index (χ1) is 8.56. The number of aryl methyl sites for hydroxylation is 1. The average molecular weight is 246 g/mol. The molecule has 18 heavy (non-hydrogen) atoms. The quantitative estimate of drug-likeness (QED) is 0.857. The SMILES string of the molecule is Cc1[nH]c(=O)ncc1Oc1cccc(C(=O)O)c1. The predicted octanol–water partition coefficient (Wildman–Crippen LogP) is 1.57. The third-order valence-electron chi connectivity index (χ3n) is 2.27. The Morgan fingerprint density at radius 3 is 2.89 bits per heavy atom. The van der Waals surface area contributed by atoms with Crippen LogP contribution in [0, 0.1) is 6.92 Å². The summed E-state index contributed by atoms with van der Waals surface area (Å²) in [7, 11) is 0. The van der Waals surface area contributed by atoms with Crippen LogP contribution in [-0.4, -0.2) is 21.0 Å². The molecule has 0 saturated carbocycles. The molecule has 0 unspecified atom stereocenters. The van der Waals surface area contributed by atoms with Gasteiger partial charge in [0.2, 0.25) is 0 Å². The van der Waals surface area contributed by atoms with E-state index in [1.807, 2.05) is 0 Å². The fourth-order valence-electron chi connectivity index (χ4n) is 1.39. The van der Waals surface area contributed by atoms with Crippen LogP contribution in [-0.2, 0) is 0 Å². The zero-order valence-electron chi connectivity index (χ0n) is 9.51. The molecule has 0 aliphatic heterocycles. The lowest BCUT2D eigenvalue weighted by molar-refractivity contribution is 0.0696. The van der Waals surface area contributed by atoms with Gasteiger partial charge in [0.1, 0.15) is 5.75 Å². The van der Waals surface area contributed by atoms with Gasteiger partial charge in [-0.2, -0.15) is 4.98 Å². The van der Waals surface area contributed by atoms with Crippen molar-refractivity contribution in [3.05, 3.63) is 52.2 Å². The van der Waals surface area contributed by atoms with E-state index in [2.05, 4.69) is 9.97 Å². The molecule has 92 valence electrons. The number of hydrogen-bond donors (Lipinski definition) is 2. The number of hydrogen-bond acceptors (Lipinski definition) is 4. The number of aromatic nitrogens is 2. The van der Waals surface area contributed by atoms with E-state index in [-0.39, 0.29) is 5.56 Å². The monoisotopic (exact) mass is 246 g/mol. The van der Waals surface area contributed by atoms with Crippen molar-refractivity contribution in [2.75, 3.05) is 0 Å². The number of aromatic amines is 1. The van der Waals surface area contributed by atoms with Gasteiger partial charge in [0.15, 0.2) is 5.75 Å². The zero-order valence-corrected chi connectivity index (χ0v) is 9.51. The fourth-order valence-corrected chi connectivity index (χ4v) is 1.39. The van der Waals surface area contributed by atoms with Crippen molar-refractivity contribution in [3.63, 3.8) is 0 Å². The smallest absolute Gasteiger partial charge is 0.345 e. The Kier molecular flexibility index (Phi) is 3.09. The van der Waals surface area contributed by atoms with Gasteiger partial charge in [0.05, 0.1) is 17.5 Å². The number of benzene rings is 1. The molecular weight excluding hydrogens is 236 g/mol. The molecule has 6 heteroatoms. The molecule has 6 nitrogen and oxygen atoms in total. The maximum Gasteiger partial charge on any atom is 0.345 e. The molecule has 0 amide bonds. The highest BCUT2D eigenvalue weighted by atomic mass is 16.5. The van der Waals surface area contributed by atoms with Crippen molar-refractivity contribution in [3.8, 4) is 11.5 Å². The lowest BCUT2D eigenvalue weighted by Crippen LogP contribution is -2.11. The molecule has 0 spiro atoms. The van der Waals surface area contributed by atoms with Gasteiger partial charge in [-0.05, 0) is 25.1 Å². The van der Waals surface area contributed by atoms with Gasteiger partial charge < -0.3 is 14.8 Å². The zero-order chi connectivity index (χ0) is 13.1. The molecule has 1 aromatic heterocycles. The molecule has 0 atom stereocenters. The van der Waals surface area contributed by atoms with Gasteiger partial charge in [-0.15, -0.1) is 0 Å². The maximum absolute atomic E-state index is 10.9. The van der Waals surface area contributed by atoms with Gasteiger partial charge in [0.25, 0.3) is 0 Å². The van der Waals surface area contributed by atoms with Crippen LogP contribution in [0.2, 0.25) is 0 Å². The molecule has 0 aliphatic rings. The summed E-state index contributed by atoms with van der Waals surface area (Å²) in [5.74, 6) is -0.291. The molecule has 1 heterocycles. The van der Waals surface area contributed by atoms with E-state index < -0.39 is 11.7 Å². The van der Waals surface area contributed by atoms with E-state index in [1.54, 1.807) is 19.1 Å². The first kappa shape index (κ1) is 11.8. The van der Waals surface area contributed by atoms with E-state index in [1.165, 1.54) is 18.3 Å². The summed E-state index contributed by atoms with van der Waals surface area (Å²) >= 11 is 0. The second-order valence-corrected chi connectivity index (χ2v) is 3.61. The van der Waals surface area contributed by atoms with Gasteiger partial charge in [-0.25, -0.2) is 9.59 Å². The van der Waals surface area contributed by atoms with Crippen molar-refractivity contribution < 1.29 is 14.6 Å². The van der Waals surface area contributed by atoms with Crippen LogP contribution in [0.1, 0.15) is 16.1 Å². The number of carboxylic acids is 1. The van der Waals surface area contributed by atoms with Crippen molar-refractivity contribution >= 4 is 5.97 Å². The number of carbonyl (C=O) groups is 1. The molecule has 0 fully saturated rings. The van der Waals surface area contributed by atoms with E-state index in [0.29, 0.717) is 17.2 Å². The second-order valence-electron chi connectivity index (χ2n) is 3.61. The fraction of sp³-hybridized carbons (Fsp3) is 0.0833. The largest absolute Gasteiger partial charge is 0.478 e. The number of aromatic carboxylic acids is 1. The Hall–Kier alpha value is -2.63. The number of nitrogens with zero attached hydrogens (tertiary/aromatic N) is 1. The van der Waals surface area contributed by atoms with E-state index >= 15 is 0 Å². The van der Waals surface area contributed by atoms with Crippen LogP contribution in [0.4, 0.5) is 0 Å².